The SMILES string of the molecule is CCONCCN1CCOCC1. The Morgan fingerprint density at radius 2 is 2.17 bits per heavy atom. The lowest BCUT2D eigenvalue weighted by Gasteiger charge is -2.26. The number of hydroxylamine groups is 1. The van der Waals surface area contributed by atoms with Crippen LogP contribution in [0.5, 0.6) is 0 Å². The Balaban J connectivity index is 1.91. The molecule has 1 N–H and O–H groups in total. The van der Waals surface area contributed by atoms with E-state index in [0.29, 0.717) is 0 Å². The van der Waals surface area contributed by atoms with Crippen LogP contribution in [0.3, 0.4) is 0 Å². The molecule has 0 amide bonds. The van der Waals surface area contributed by atoms with E-state index in [9.17, 15) is 0 Å². The predicted octanol–water partition coefficient (Wildman–Crippen LogP) is -0.140. The van der Waals surface area contributed by atoms with Gasteiger partial charge in [-0.05, 0) is 6.92 Å². The lowest BCUT2D eigenvalue weighted by Crippen LogP contribution is -2.40. The Morgan fingerprint density at radius 1 is 1.42 bits per heavy atom. The number of ether oxygens (including phenoxy) is 1. The molecular weight excluding hydrogens is 156 g/mol. The van der Waals surface area contributed by atoms with Crippen LogP contribution in [0.25, 0.3) is 0 Å². The molecule has 1 aliphatic heterocycles. The van der Waals surface area contributed by atoms with Gasteiger partial charge in [-0.15, -0.1) is 0 Å². The van der Waals surface area contributed by atoms with Crippen LogP contribution in [0, 0.1) is 0 Å². The number of hydrogen-bond donors (Lipinski definition) is 1. The minimum atomic E-state index is 0.725. The molecule has 0 aromatic carbocycles. The topological polar surface area (TPSA) is 33.7 Å². The summed E-state index contributed by atoms with van der Waals surface area (Å²) in [5, 5.41) is 0. The summed E-state index contributed by atoms with van der Waals surface area (Å²) in [4.78, 5) is 7.39. The first-order valence-electron chi connectivity index (χ1n) is 4.58. The number of rotatable bonds is 5. The molecule has 12 heavy (non-hydrogen) atoms. The number of morpholine rings is 1. The maximum absolute atomic E-state index is 5.23. The summed E-state index contributed by atoms with van der Waals surface area (Å²) in [6.45, 7) is 8.48. The fraction of sp³-hybridized carbons (Fsp3) is 1.00. The first-order valence-corrected chi connectivity index (χ1v) is 4.58. The van der Waals surface area contributed by atoms with Crippen molar-refractivity contribution in [1.29, 1.82) is 0 Å². The Bertz CT molecular complexity index is 105. The van der Waals surface area contributed by atoms with Crippen molar-refractivity contribution in [2.45, 2.75) is 6.92 Å². The van der Waals surface area contributed by atoms with Gasteiger partial charge in [-0.2, -0.15) is 0 Å². The summed E-state index contributed by atoms with van der Waals surface area (Å²) in [7, 11) is 0. The molecule has 1 saturated heterocycles. The van der Waals surface area contributed by atoms with Gasteiger partial charge in [0.15, 0.2) is 0 Å². The molecule has 0 aromatic rings. The fourth-order valence-electron chi connectivity index (χ4n) is 1.20. The summed E-state index contributed by atoms with van der Waals surface area (Å²) in [5.74, 6) is 0. The maximum atomic E-state index is 5.23. The highest BCUT2D eigenvalue weighted by atomic mass is 16.6. The molecule has 0 aliphatic carbocycles. The van der Waals surface area contributed by atoms with Crippen LogP contribution in [0.1, 0.15) is 6.92 Å². The lowest BCUT2D eigenvalue weighted by molar-refractivity contribution is 0.0170. The van der Waals surface area contributed by atoms with Gasteiger partial charge in [0, 0.05) is 26.2 Å². The van der Waals surface area contributed by atoms with Crippen LogP contribution in [0.15, 0.2) is 0 Å². The Hall–Kier alpha value is -0.160. The van der Waals surface area contributed by atoms with Gasteiger partial charge < -0.3 is 9.57 Å². The molecule has 0 spiro atoms. The third-order valence-electron chi connectivity index (χ3n) is 1.88. The molecule has 0 bridgehead atoms. The first-order chi connectivity index (χ1) is 5.93. The van der Waals surface area contributed by atoms with E-state index in [-0.39, 0.29) is 0 Å². The molecule has 0 radical (unpaired) electrons. The minimum Gasteiger partial charge on any atom is -0.379 e. The van der Waals surface area contributed by atoms with Crippen LogP contribution in [0.2, 0.25) is 0 Å². The molecule has 0 saturated carbocycles. The Morgan fingerprint density at radius 3 is 2.83 bits per heavy atom. The molecular formula is C8H18N2O2. The van der Waals surface area contributed by atoms with Crippen molar-refractivity contribution in [3.05, 3.63) is 0 Å². The van der Waals surface area contributed by atoms with Gasteiger partial charge in [0.05, 0.1) is 19.8 Å². The summed E-state index contributed by atoms with van der Waals surface area (Å²) in [5.41, 5.74) is 2.90. The van der Waals surface area contributed by atoms with Gasteiger partial charge in [0.1, 0.15) is 0 Å². The number of hydrogen-bond acceptors (Lipinski definition) is 4. The number of nitrogens with zero attached hydrogens (tertiary/aromatic N) is 1. The van der Waals surface area contributed by atoms with Crippen molar-refractivity contribution in [2.24, 2.45) is 0 Å². The van der Waals surface area contributed by atoms with Crippen molar-refractivity contribution in [3.8, 4) is 0 Å². The first kappa shape index (κ1) is 9.92. The summed E-state index contributed by atoms with van der Waals surface area (Å²) < 4.78 is 5.23. The van der Waals surface area contributed by atoms with Crippen LogP contribution in [0.4, 0.5) is 0 Å². The smallest absolute Gasteiger partial charge is 0.0653 e. The predicted molar refractivity (Wildman–Crippen MR) is 46.9 cm³/mol. The molecule has 0 unspecified atom stereocenters. The van der Waals surface area contributed by atoms with Gasteiger partial charge in [-0.3, -0.25) is 4.90 Å². The standard InChI is InChI=1S/C8H18N2O2/c1-2-12-9-3-4-10-5-7-11-8-6-10/h9H,2-8H2,1H3. The summed E-state index contributed by atoms with van der Waals surface area (Å²) >= 11 is 0. The van der Waals surface area contributed by atoms with Gasteiger partial charge in [-0.1, -0.05) is 0 Å². The Kier molecular flexibility index (Phi) is 5.27. The minimum absolute atomic E-state index is 0.725. The molecule has 1 fully saturated rings. The highest BCUT2D eigenvalue weighted by Gasteiger charge is 2.08. The second-order valence-electron chi connectivity index (χ2n) is 2.78. The van der Waals surface area contributed by atoms with Gasteiger partial charge >= 0.3 is 0 Å². The average molecular weight is 174 g/mol. The normalized spacial score (nSPS) is 19.8. The van der Waals surface area contributed by atoms with Gasteiger partial charge in [0.2, 0.25) is 0 Å². The highest BCUT2D eigenvalue weighted by Crippen LogP contribution is 1.94. The largest absolute Gasteiger partial charge is 0.379 e. The van der Waals surface area contributed by atoms with Gasteiger partial charge in [-0.25, -0.2) is 5.48 Å². The zero-order valence-electron chi connectivity index (χ0n) is 7.71. The maximum Gasteiger partial charge on any atom is 0.0653 e. The molecule has 72 valence electrons. The van der Waals surface area contributed by atoms with Crippen LogP contribution >= 0.6 is 0 Å². The zero-order valence-corrected chi connectivity index (χ0v) is 7.71. The van der Waals surface area contributed by atoms with E-state index in [2.05, 4.69) is 10.4 Å². The van der Waals surface area contributed by atoms with E-state index in [1.165, 1.54) is 0 Å². The molecule has 4 nitrogen and oxygen atoms in total. The summed E-state index contributed by atoms with van der Waals surface area (Å²) in [6.07, 6.45) is 0. The van der Waals surface area contributed by atoms with Gasteiger partial charge in [0.25, 0.3) is 0 Å². The Labute approximate surface area is 73.8 Å². The average Bonchev–Trinajstić information content (AvgIpc) is 2.14. The second-order valence-corrected chi connectivity index (χ2v) is 2.78. The quantitative estimate of drug-likeness (QED) is 0.464. The van der Waals surface area contributed by atoms with E-state index in [0.717, 1.165) is 46.0 Å². The van der Waals surface area contributed by atoms with Crippen LogP contribution in [-0.2, 0) is 9.57 Å². The zero-order chi connectivity index (χ0) is 8.65. The fourth-order valence-corrected chi connectivity index (χ4v) is 1.20. The summed E-state index contributed by atoms with van der Waals surface area (Å²) in [6, 6.07) is 0. The molecule has 0 atom stereocenters. The molecule has 1 rings (SSSR count). The second kappa shape index (κ2) is 6.37. The van der Waals surface area contributed by atoms with E-state index in [1.807, 2.05) is 6.92 Å². The number of nitrogens with one attached hydrogen (secondary N) is 1. The third-order valence-corrected chi connectivity index (χ3v) is 1.88. The van der Waals surface area contributed by atoms with E-state index in [4.69, 9.17) is 9.57 Å². The molecule has 0 aromatic heterocycles. The molecule has 1 heterocycles. The molecule has 4 heteroatoms. The van der Waals surface area contributed by atoms with E-state index < -0.39 is 0 Å². The van der Waals surface area contributed by atoms with Crippen molar-refractivity contribution in [1.82, 2.24) is 10.4 Å². The van der Waals surface area contributed by atoms with E-state index in [1.54, 1.807) is 0 Å². The monoisotopic (exact) mass is 174 g/mol. The van der Waals surface area contributed by atoms with E-state index >= 15 is 0 Å². The van der Waals surface area contributed by atoms with Crippen molar-refractivity contribution >= 4 is 0 Å². The van der Waals surface area contributed by atoms with Crippen molar-refractivity contribution in [3.63, 3.8) is 0 Å². The van der Waals surface area contributed by atoms with Crippen molar-refractivity contribution < 1.29 is 9.57 Å². The molecule has 1 aliphatic rings. The van der Waals surface area contributed by atoms with Crippen LogP contribution in [-0.4, -0.2) is 50.9 Å². The third kappa shape index (κ3) is 4.01. The lowest BCUT2D eigenvalue weighted by atomic mass is 10.4. The van der Waals surface area contributed by atoms with Crippen molar-refractivity contribution in [2.75, 3.05) is 46.0 Å². The highest BCUT2D eigenvalue weighted by molar-refractivity contribution is 4.61. The van der Waals surface area contributed by atoms with Crippen LogP contribution < -0.4 is 5.48 Å².